The molecular formula is C81H84B12O32S4-4. The number of carbonyl (C=O) groups is 10. The molecule has 9 fully saturated rings. The standard InChI is InChI=1S/2C21H21B3O9S.C20H23B3O7S.C19H23B3O7S/c22-6-9-3-10(7-23)14(8-24)11(4-9)19(25)32-18-12-5-13-16(18)21(27)33-17(13)15(12)20(26)31-1-2-34(28,29)30;22-6-9-3-10(7-23)14(8-24)11(4-9)19(25)32-17-12-5-13-16(21(27)33-18(13)17)15(12)20(26)31-1-2-34(28,29)30;21-8-12-3-13(9-22)17(10-23)16(6-12)20(25)30-18-7-11-4-14(18)15(5-11)19(24)29-1-2-31(26,27)28;20-9-12-6-14(10-21)17(11-22)16(7-12)19(24)29-15-3-1-2-13(8-15)18(23)28-4-5-30(25,26)27/h2*3-4,12-13,15-18H,1-2,5-8H2,(H,28,29,30);3,6,11,14-15,18H,1-2,4-5,7-10H2,(H,26,27,28);6-7,13,15H,1-5,8-11H2,(H,25,26,27)/p-4. The first-order valence-corrected chi connectivity index (χ1v) is 48.0. The molecule has 7 aliphatic carbocycles. The normalized spacial score (nSPS) is 25.8. The molecule has 48 heteroatoms. The molecule has 0 spiro atoms. The topological polar surface area (TPSA) is 492 Å². The minimum Gasteiger partial charge on any atom is -0.748 e. The molecule has 0 N–H and O–H groups in total. The van der Waals surface area contributed by atoms with Crippen LogP contribution in [-0.2, 0) is 192 Å². The number of rotatable bonds is 36. The predicted octanol–water partition coefficient (Wildman–Crippen LogP) is -0.925. The van der Waals surface area contributed by atoms with Gasteiger partial charge in [0.15, 0.2) is 0 Å². The Balaban J connectivity index is 0.000000179. The minimum absolute atomic E-state index is 0.0314. The summed E-state index contributed by atoms with van der Waals surface area (Å²) in [5.74, 6) is -15.9. The molecule has 4 aromatic rings. The van der Waals surface area contributed by atoms with E-state index in [0.717, 1.165) is 28.7 Å². The highest BCUT2D eigenvalue weighted by Crippen LogP contribution is 2.61. The monoisotopic (exact) mass is 1830 g/mol. The Kier molecular flexibility index (Phi) is 35.7. The van der Waals surface area contributed by atoms with Crippen molar-refractivity contribution in [3.8, 4) is 0 Å². The fraction of sp³-hybridized carbons (Fsp3) is 0.580. The zero-order valence-electron chi connectivity index (χ0n) is 70.1. The summed E-state index contributed by atoms with van der Waals surface area (Å²) in [6.45, 7) is -2.20. The Hall–Kier alpha value is -8.00. The molecular weight excluding hydrogens is 1740 g/mol. The van der Waals surface area contributed by atoms with Crippen molar-refractivity contribution in [1.82, 2.24) is 0 Å². The van der Waals surface area contributed by atoms with E-state index in [9.17, 15) is 99.8 Å². The average Bonchev–Trinajstić information content (AvgIpc) is 1.55. The molecule has 18 unspecified atom stereocenters. The van der Waals surface area contributed by atoms with Gasteiger partial charge in [0.2, 0.25) is 0 Å². The number of ether oxygens (including phenoxy) is 10. The van der Waals surface area contributed by atoms with E-state index < -0.39 is 234 Å². The molecule has 4 aromatic carbocycles. The first-order chi connectivity index (χ1) is 61.0. The van der Waals surface area contributed by atoms with Crippen LogP contribution in [0, 0.1) is 71.0 Å². The average molecular weight is 1830 g/mol. The molecule has 13 rings (SSSR count). The van der Waals surface area contributed by atoms with Crippen molar-refractivity contribution in [3.63, 3.8) is 0 Å². The number of benzene rings is 4. The van der Waals surface area contributed by atoms with Crippen LogP contribution in [-0.4, -0.2) is 292 Å². The second kappa shape index (κ2) is 44.7. The van der Waals surface area contributed by atoms with Crippen molar-refractivity contribution in [2.75, 3.05) is 49.4 Å². The molecule has 129 heavy (non-hydrogen) atoms. The van der Waals surface area contributed by atoms with Crippen molar-refractivity contribution in [2.45, 2.75) is 170 Å². The van der Waals surface area contributed by atoms with Crippen LogP contribution in [0.4, 0.5) is 0 Å². The Labute approximate surface area is 764 Å². The summed E-state index contributed by atoms with van der Waals surface area (Å²) < 4.78 is 182. The van der Waals surface area contributed by atoms with E-state index >= 15 is 0 Å². The highest BCUT2D eigenvalue weighted by Gasteiger charge is 2.72. The third kappa shape index (κ3) is 25.1. The lowest BCUT2D eigenvalue weighted by Gasteiger charge is -2.30. The van der Waals surface area contributed by atoms with Crippen LogP contribution >= 0.6 is 0 Å². The molecule has 7 saturated carbocycles. The van der Waals surface area contributed by atoms with Gasteiger partial charge in [0.05, 0.1) is 204 Å². The van der Waals surface area contributed by atoms with Crippen molar-refractivity contribution in [2.24, 2.45) is 71.0 Å². The van der Waals surface area contributed by atoms with Gasteiger partial charge < -0.3 is 65.6 Å². The van der Waals surface area contributed by atoms with Gasteiger partial charge in [-0.1, -0.05) is 145 Å². The lowest BCUT2D eigenvalue weighted by Crippen LogP contribution is -2.44. The van der Waals surface area contributed by atoms with Gasteiger partial charge in [-0.3, -0.25) is 28.8 Å². The first kappa shape index (κ1) is 103. The highest BCUT2D eigenvalue weighted by molar-refractivity contribution is 7.86. The van der Waals surface area contributed by atoms with E-state index in [1.165, 1.54) is 0 Å². The maximum absolute atomic E-state index is 13.2. The molecule has 2 saturated heterocycles. The first-order valence-electron chi connectivity index (χ1n) is 41.7. The summed E-state index contributed by atoms with van der Waals surface area (Å²) in [5, 5.41) is 0. The zero-order valence-corrected chi connectivity index (χ0v) is 73.4. The van der Waals surface area contributed by atoms with Crippen LogP contribution in [0.3, 0.4) is 0 Å². The second-order valence-electron chi connectivity index (χ2n) is 32.7. The van der Waals surface area contributed by atoms with Gasteiger partial charge in [-0.25, -0.2) is 52.8 Å². The van der Waals surface area contributed by atoms with Gasteiger partial charge in [0, 0.05) is 29.6 Å². The van der Waals surface area contributed by atoms with E-state index in [0.29, 0.717) is 101 Å². The van der Waals surface area contributed by atoms with Gasteiger partial charge in [-0.05, 0) is 110 Å². The smallest absolute Gasteiger partial charge is 0.338 e. The van der Waals surface area contributed by atoms with Crippen LogP contribution in [0.25, 0.3) is 0 Å². The van der Waals surface area contributed by atoms with Gasteiger partial charge in [0.1, 0.15) is 74.9 Å². The van der Waals surface area contributed by atoms with E-state index in [-0.39, 0.29) is 117 Å². The number of esters is 10. The Morgan fingerprint density at radius 3 is 1.10 bits per heavy atom. The van der Waals surface area contributed by atoms with E-state index in [1.54, 1.807) is 36.4 Å². The van der Waals surface area contributed by atoms with Crippen molar-refractivity contribution in [1.29, 1.82) is 0 Å². The minimum atomic E-state index is -4.57. The summed E-state index contributed by atoms with van der Waals surface area (Å²) in [7, 11) is 51.4. The van der Waals surface area contributed by atoms with Crippen LogP contribution < -0.4 is 0 Å². The molecule has 0 amide bonds. The van der Waals surface area contributed by atoms with Crippen LogP contribution in [0.1, 0.15) is 166 Å². The molecule has 6 bridgehead atoms. The fourth-order valence-electron chi connectivity index (χ4n) is 19.4. The molecule has 32 nitrogen and oxygen atoms in total. The lowest BCUT2D eigenvalue weighted by molar-refractivity contribution is -0.157. The lowest BCUT2D eigenvalue weighted by atomic mass is 9.78. The molecule has 664 valence electrons. The quantitative estimate of drug-likeness (QED) is 0.0230. The largest absolute Gasteiger partial charge is 0.748 e. The Morgan fingerprint density at radius 1 is 0.349 bits per heavy atom. The third-order valence-corrected chi connectivity index (χ3v) is 27.8. The van der Waals surface area contributed by atoms with E-state index in [2.05, 4.69) is 0 Å². The van der Waals surface area contributed by atoms with Crippen molar-refractivity contribution in [3.05, 3.63) is 138 Å². The zero-order chi connectivity index (χ0) is 94.6. The van der Waals surface area contributed by atoms with Gasteiger partial charge in [-0.2, -0.15) is 0 Å². The summed E-state index contributed by atoms with van der Waals surface area (Å²) >= 11 is 0. The number of hydrogen-bond donors (Lipinski definition) is 0. The number of hydrogen-bond acceptors (Lipinski definition) is 32. The summed E-state index contributed by atoms with van der Waals surface area (Å²) in [6.07, 6.45) is 2.36. The Bertz CT molecular complexity index is 5360. The van der Waals surface area contributed by atoms with Crippen molar-refractivity contribution < 1.29 is 147 Å². The van der Waals surface area contributed by atoms with Crippen LogP contribution in [0.2, 0.25) is 0 Å². The molecule has 2 heterocycles. The van der Waals surface area contributed by atoms with Crippen molar-refractivity contribution >= 4 is 194 Å². The van der Waals surface area contributed by atoms with Gasteiger partial charge >= 0.3 is 59.7 Å². The van der Waals surface area contributed by atoms with Crippen LogP contribution in [0.5, 0.6) is 0 Å². The van der Waals surface area contributed by atoms with Gasteiger partial charge in [0.25, 0.3) is 0 Å². The fourth-order valence-corrected chi connectivity index (χ4v) is 20.5. The molecule has 2 aliphatic heterocycles. The van der Waals surface area contributed by atoms with E-state index in [1.807, 2.05) is 12.1 Å². The summed E-state index contributed by atoms with van der Waals surface area (Å²) in [5.41, 5.74) is 8.85. The Morgan fingerprint density at radius 2 is 0.705 bits per heavy atom. The molecule has 0 aromatic heterocycles. The third-order valence-electron chi connectivity index (χ3n) is 25.1. The predicted molar refractivity (Wildman–Crippen MR) is 461 cm³/mol. The number of fused-ring (bicyclic) bond motifs is 4. The van der Waals surface area contributed by atoms with Crippen LogP contribution in [0.15, 0.2) is 48.5 Å². The van der Waals surface area contributed by atoms with Gasteiger partial charge in [-0.15, -0.1) is 0 Å². The maximum atomic E-state index is 13.2. The van der Waals surface area contributed by atoms with E-state index in [4.69, 9.17) is 142 Å². The molecule has 9 aliphatic rings. The SMILES string of the molecule is [B]Cc1cc(C[B])c(C[B])c(C(=O)OC2C3CC4C(OC(=O)C42)C3C(=O)OCCS(=O)(=O)[O-])c1.[B]Cc1cc(C[B])c(C[B])c(C(=O)OC2C3CC4C2OC(=O)C4C3C(=O)OCCS(=O)(=O)[O-])c1.[B]Cc1cc(C[B])c(C[B])c(C(=O)OC2CC3CC(C(=O)OCCS(=O)(=O)[O-])C2C3)c1.[B]Cc1cc(C[B])c(C[B])c(C(=O)OC2CCCC(C(=O)OCCS(=O)(=O)[O-])C2)c1. The number of carbonyl (C=O) groups excluding carboxylic acids is 10. The summed E-state index contributed by atoms with van der Waals surface area (Å²) in [4.78, 5) is 127. The highest BCUT2D eigenvalue weighted by atomic mass is 32.2. The maximum Gasteiger partial charge on any atom is 0.338 e. The summed E-state index contributed by atoms with van der Waals surface area (Å²) in [6, 6.07) is 13.6. The molecule has 24 radical (unpaired) electrons. The second-order valence-corrected chi connectivity index (χ2v) is 38.8. The molecule has 18 atom stereocenters.